The van der Waals surface area contributed by atoms with Crippen LogP contribution in [0.25, 0.3) is 0 Å². The third-order valence-electron chi connectivity index (χ3n) is 5.48. The van der Waals surface area contributed by atoms with E-state index in [0.717, 1.165) is 0 Å². The van der Waals surface area contributed by atoms with Crippen molar-refractivity contribution in [2.45, 2.75) is 44.0 Å². The molecule has 1 aromatic rings. The highest BCUT2D eigenvalue weighted by Gasteiger charge is 2.57. The number of rotatable bonds is 5. The number of non-ortho nitro benzene ring substituents is 1. The molecule has 0 saturated carbocycles. The minimum atomic E-state index is -1.19. The lowest BCUT2D eigenvalue weighted by Gasteiger charge is -2.53. The van der Waals surface area contributed by atoms with E-state index in [-0.39, 0.29) is 16.4 Å². The molecule has 0 aliphatic carbocycles. The Morgan fingerprint density at radius 1 is 1.38 bits per heavy atom. The number of amides is 1. The number of hydrogen-bond acceptors (Lipinski definition) is 5. The predicted molar refractivity (Wildman–Crippen MR) is 111 cm³/mol. The molecular formula is C20H25BrN2O6. The molecule has 0 aromatic heterocycles. The number of nitrogens with zero attached hydrogens (tertiary/aromatic N) is 2. The number of alkyl halides is 1. The van der Waals surface area contributed by atoms with E-state index in [1.54, 1.807) is 26.0 Å². The standard InChI is InChI=1S/C20H25BrN2O6/c1-11(2)17(21)20(4)16(18(24)25)15(9-12(3)22(20)19(26)29-5)13-7-6-8-14(10-13)23(27)28/h6-11,15-17H,1-5H3,(H,24,25). The number of nitro benzene ring substituents is 1. The number of benzene rings is 1. The molecule has 1 aliphatic heterocycles. The molecule has 0 radical (unpaired) electrons. The Bertz CT molecular complexity index is 855. The van der Waals surface area contributed by atoms with Gasteiger partial charge in [-0.25, -0.2) is 4.79 Å². The molecule has 1 heterocycles. The number of ether oxygens (including phenoxy) is 1. The first-order valence-electron chi connectivity index (χ1n) is 9.14. The number of carboxylic acids is 1. The number of nitro groups is 1. The van der Waals surface area contributed by atoms with E-state index in [4.69, 9.17) is 4.74 Å². The fourth-order valence-electron chi connectivity index (χ4n) is 4.25. The zero-order valence-electron chi connectivity index (χ0n) is 17.0. The van der Waals surface area contributed by atoms with Gasteiger partial charge >= 0.3 is 12.1 Å². The maximum absolute atomic E-state index is 12.6. The second kappa shape index (κ2) is 8.52. The normalized spacial score (nSPS) is 25.3. The molecule has 0 saturated heterocycles. The Morgan fingerprint density at radius 2 is 2.00 bits per heavy atom. The molecule has 158 valence electrons. The highest BCUT2D eigenvalue weighted by molar-refractivity contribution is 9.09. The summed E-state index contributed by atoms with van der Waals surface area (Å²) in [6, 6.07) is 5.95. The summed E-state index contributed by atoms with van der Waals surface area (Å²) in [6.07, 6.45) is 1.01. The third kappa shape index (κ3) is 4.01. The molecule has 0 spiro atoms. The highest BCUT2D eigenvalue weighted by atomic mass is 79.9. The van der Waals surface area contributed by atoms with Gasteiger partial charge in [0.1, 0.15) is 0 Å². The number of allylic oxidation sites excluding steroid dienone is 2. The van der Waals surface area contributed by atoms with E-state index >= 15 is 0 Å². The van der Waals surface area contributed by atoms with Gasteiger partial charge in [0.05, 0.1) is 23.5 Å². The van der Waals surface area contributed by atoms with Gasteiger partial charge in [-0.05, 0) is 25.3 Å². The number of carbonyl (C=O) groups excluding carboxylic acids is 1. The fraction of sp³-hybridized carbons (Fsp3) is 0.500. The largest absolute Gasteiger partial charge is 0.481 e. The van der Waals surface area contributed by atoms with Gasteiger partial charge in [-0.2, -0.15) is 0 Å². The fourth-order valence-corrected chi connectivity index (χ4v) is 4.74. The summed E-state index contributed by atoms with van der Waals surface area (Å²) in [7, 11) is 1.25. The first-order chi connectivity index (χ1) is 13.5. The first kappa shape index (κ1) is 22.9. The van der Waals surface area contributed by atoms with Gasteiger partial charge in [-0.3, -0.25) is 19.8 Å². The molecule has 1 N–H and O–H groups in total. The van der Waals surface area contributed by atoms with E-state index in [1.165, 1.54) is 30.2 Å². The summed E-state index contributed by atoms with van der Waals surface area (Å²) < 4.78 is 4.95. The van der Waals surface area contributed by atoms with Crippen molar-refractivity contribution in [2.75, 3.05) is 7.11 Å². The number of aliphatic carboxylic acids is 1. The van der Waals surface area contributed by atoms with Crippen molar-refractivity contribution in [2.24, 2.45) is 11.8 Å². The van der Waals surface area contributed by atoms with E-state index in [0.29, 0.717) is 11.3 Å². The lowest BCUT2D eigenvalue weighted by Crippen LogP contribution is -2.64. The molecular weight excluding hydrogens is 444 g/mol. The van der Waals surface area contributed by atoms with Gasteiger partial charge in [0, 0.05) is 28.6 Å². The van der Waals surface area contributed by atoms with Crippen molar-refractivity contribution in [3.8, 4) is 0 Å². The summed E-state index contributed by atoms with van der Waals surface area (Å²) in [5.41, 5.74) is -0.279. The summed E-state index contributed by atoms with van der Waals surface area (Å²) >= 11 is 3.62. The van der Waals surface area contributed by atoms with Gasteiger partial charge in [0.2, 0.25) is 0 Å². The molecule has 2 rings (SSSR count). The van der Waals surface area contributed by atoms with Crippen molar-refractivity contribution < 1.29 is 24.4 Å². The van der Waals surface area contributed by atoms with Crippen molar-refractivity contribution in [1.82, 2.24) is 4.90 Å². The van der Waals surface area contributed by atoms with Crippen LogP contribution in [-0.2, 0) is 9.53 Å². The average Bonchev–Trinajstić information content (AvgIpc) is 2.66. The monoisotopic (exact) mass is 468 g/mol. The van der Waals surface area contributed by atoms with E-state index in [2.05, 4.69) is 15.9 Å². The van der Waals surface area contributed by atoms with Gasteiger partial charge in [-0.1, -0.05) is 48.0 Å². The number of carboxylic acid groups (broad SMARTS) is 1. The molecule has 1 amide bonds. The number of halogens is 1. The Morgan fingerprint density at radius 3 is 2.48 bits per heavy atom. The van der Waals surface area contributed by atoms with Crippen LogP contribution in [0.1, 0.15) is 39.2 Å². The number of carbonyl (C=O) groups is 2. The maximum Gasteiger partial charge on any atom is 0.414 e. The van der Waals surface area contributed by atoms with Crippen LogP contribution in [-0.4, -0.2) is 44.5 Å². The van der Waals surface area contributed by atoms with Crippen LogP contribution in [0.3, 0.4) is 0 Å². The Balaban J connectivity index is 2.78. The molecule has 4 atom stereocenters. The topological polar surface area (TPSA) is 110 Å². The Labute approximate surface area is 177 Å². The third-order valence-corrected chi connectivity index (χ3v) is 7.46. The van der Waals surface area contributed by atoms with E-state index in [9.17, 15) is 24.8 Å². The summed E-state index contributed by atoms with van der Waals surface area (Å²) in [5, 5.41) is 21.4. The van der Waals surface area contributed by atoms with Crippen LogP contribution >= 0.6 is 15.9 Å². The Kier molecular flexibility index (Phi) is 6.72. The van der Waals surface area contributed by atoms with Crippen LogP contribution in [0, 0.1) is 22.0 Å². The van der Waals surface area contributed by atoms with Crippen molar-refractivity contribution in [1.29, 1.82) is 0 Å². The van der Waals surface area contributed by atoms with Crippen LogP contribution < -0.4 is 0 Å². The zero-order chi connectivity index (χ0) is 22.1. The van der Waals surface area contributed by atoms with Crippen molar-refractivity contribution in [3.63, 3.8) is 0 Å². The molecule has 1 aliphatic rings. The minimum Gasteiger partial charge on any atom is -0.481 e. The minimum absolute atomic E-state index is 0.00864. The highest BCUT2D eigenvalue weighted by Crippen LogP contribution is 2.49. The van der Waals surface area contributed by atoms with Gasteiger partial charge < -0.3 is 9.84 Å². The first-order valence-corrected chi connectivity index (χ1v) is 10.1. The molecule has 29 heavy (non-hydrogen) atoms. The molecule has 9 heteroatoms. The maximum atomic E-state index is 12.6. The summed E-state index contributed by atoms with van der Waals surface area (Å²) in [5.74, 6) is -2.85. The Hall–Kier alpha value is -2.42. The van der Waals surface area contributed by atoms with Crippen LogP contribution in [0.4, 0.5) is 10.5 Å². The van der Waals surface area contributed by atoms with Crippen LogP contribution in [0.15, 0.2) is 36.0 Å². The van der Waals surface area contributed by atoms with E-state index in [1.807, 2.05) is 13.8 Å². The lowest BCUT2D eigenvalue weighted by atomic mass is 9.67. The van der Waals surface area contributed by atoms with Crippen molar-refractivity contribution >= 4 is 33.7 Å². The smallest absolute Gasteiger partial charge is 0.414 e. The SMILES string of the molecule is COC(=O)N1C(C)=CC(c2cccc([N+](=O)[O-])c2)C(C(=O)O)C1(C)C(Br)C(C)C. The van der Waals surface area contributed by atoms with Crippen molar-refractivity contribution in [3.05, 3.63) is 51.7 Å². The van der Waals surface area contributed by atoms with Gasteiger partial charge in [0.15, 0.2) is 0 Å². The van der Waals surface area contributed by atoms with Gasteiger partial charge in [-0.15, -0.1) is 0 Å². The molecule has 0 bridgehead atoms. The second-order valence-electron chi connectivity index (χ2n) is 7.68. The average molecular weight is 469 g/mol. The summed E-state index contributed by atoms with van der Waals surface area (Å²) in [6.45, 7) is 7.27. The zero-order valence-corrected chi connectivity index (χ0v) is 18.5. The second-order valence-corrected chi connectivity index (χ2v) is 8.67. The lowest BCUT2D eigenvalue weighted by molar-refractivity contribution is -0.384. The predicted octanol–water partition coefficient (Wildman–Crippen LogP) is 4.54. The molecule has 1 aromatic carbocycles. The van der Waals surface area contributed by atoms with E-state index < -0.39 is 34.4 Å². The van der Waals surface area contributed by atoms with Gasteiger partial charge in [0.25, 0.3) is 5.69 Å². The number of methoxy groups -OCH3 is 1. The van der Waals surface area contributed by atoms with Crippen LogP contribution in [0.2, 0.25) is 0 Å². The van der Waals surface area contributed by atoms with Crippen LogP contribution in [0.5, 0.6) is 0 Å². The number of hydrogen-bond donors (Lipinski definition) is 1. The quantitative estimate of drug-likeness (QED) is 0.385. The summed E-state index contributed by atoms with van der Waals surface area (Å²) in [4.78, 5) is 36.8. The molecule has 0 fully saturated rings. The molecule has 8 nitrogen and oxygen atoms in total. The molecule has 4 unspecified atom stereocenters.